The predicted molar refractivity (Wildman–Crippen MR) is 83.0 cm³/mol. The van der Waals surface area contributed by atoms with E-state index in [1.54, 1.807) is 0 Å². The predicted octanol–water partition coefficient (Wildman–Crippen LogP) is 3.53. The smallest absolute Gasteiger partial charge is 0.0659 e. The zero-order chi connectivity index (χ0) is 14.4. The quantitative estimate of drug-likeness (QED) is 0.889. The van der Waals surface area contributed by atoms with Crippen molar-refractivity contribution in [3.63, 3.8) is 0 Å². The highest BCUT2D eigenvalue weighted by Gasteiger charge is 2.67. The summed E-state index contributed by atoms with van der Waals surface area (Å²) in [4.78, 5) is 0. The molecule has 3 heteroatoms. The number of aliphatic hydroxyl groups is 1. The Labute approximate surface area is 124 Å². The Morgan fingerprint density at radius 2 is 1.63 bits per heavy atom. The summed E-state index contributed by atoms with van der Waals surface area (Å²) in [6.45, 7) is 9.41. The maximum Gasteiger partial charge on any atom is 0.0659 e. The van der Waals surface area contributed by atoms with E-state index in [1.165, 1.54) is 0 Å². The standard InChI is InChI=1S/C16H24BrNO/c1-15(2)14(16(15,3)4)13(19)12(9-18)10-5-7-11(17)8-6-10/h5-8,12-14,19H,9,18H2,1-4H3. The summed E-state index contributed by atoms with van der Waals surface area (Å²) in [5.41, 5.74) is 7.39. The molecule has 2 nitrogen and oxygen atoms in total. The molecule has 1 aromatic carbocycles. The van der Waals surface area contributed by atoms with Gasteiger partial charge in [0.25, 0.3) is 0 Å². The van der Waals surface area contributed by atoms with Crippen molar-refractivity contribution in [1.82, 2.24) is 0 Å². The van der Waals surface area contributed by atoms with Crippen molar-refractivity contribution in [1.29, 1.82) is 0 Å². The van der Waals surface area contributed by atoms with Crippen molar-refractivity contribution >= 4 is 15.9 Å². The van der Waals surface area contributed by atoms with Gasteiger partial charge in [0, 0.05) is 16.9 Å². The molecule has 0 radical (unpaired) electrons. The van der Waals surface area contributed by atoms with Crippen LogP contribution >= 0.6 is 15.9 Å². The molecular weight excluding hydrogens is 302 g/mol. The van der Waals surface area contributed by atoms with Gasteiger partial charge in [-0.2, -0.15) is 0 Å². The summed E-state index contributed by atoms with van der Waals surface area (Å²) in [6.07, 6.45) is -0.379. The van der Waals surface area contributed by atoms with Gasteiger partial charge in [0.1, 0.15) is 0 Å². The Hall–Kier alpha value is -0.380. The lowest BCUT2D eigenvalue weighted by Crippen LogP contribution is -2.29. The third-order valence-electron chi connectivity index (χ3n) is 5.44. The Kier molecular flexibility index (Phi) is 3.85. The van der Waals surface area contributed by atoms with Gasteiger partial charge in [-0.1, -0.05) is 55.8 Å². The molecule has 0 spiro atoms. The average molecular weight is 326 g/mol. The molecule has 1 aliphatic carbocycles. The molecule has 1 fully saturated rings. The van der Waals surface area contributed by atoms with Crippen LogP contribution in [0.3, 0.4) is 0 Å². The number of hydrogen-bond acceptors (Lipinski definition) is 2. The fourth-order valence-electron chi connectivity index (χ4n) is 3.52. The third-order valence-corrected chi connectivity index (χ3v) is 5.97. The fraction of sp³-hybridized carbons (Fsp3) is 0.625. The summed E-state index contributed by atoms with van der Waals surface area (Å²) in [6, 6.07) is 8.11. The lowest BCUT2D eigenvalue weighted by molar-refractivity contribution is 0.102. The second-order valence-corrected chi connectivity index (χ2v) is 7.72. The van der Waals surface area contributed by atoms with Crippen LogP contribution in [0.1, 0.15) is 39.2 Å². The van der Waals surface area contributed by atoms with Crippen molar-refractivity contribution in [3.8, 4) is 0 Å². The highest BCUT2D eigenvalue weighted by Crippen LogP contribution is 2.70. The Balaban J connectivity index is 2.22. The second kappa shape index (κ2) is 4.87. The lowest BCUT2D eigenvalue weighted by Gasteiger charge is -2.24. The Bertz CT molecular complexity index is 438. The van der Waals surface area contributed by atoms with Gasteiger partial charge < -0.3 is 10.8 Å². The van der Waals surface area contributed by atoms with E-state index in [0.29, 0.717) is 12.5 Å². The molecule has 0 heterocycles. The van der Waals surface area contributed by atoms with E-state index in [4.69, 9.17) is 5.73 Å². The van der Waals surface area contributed by atoms with Crippen molar-refractivity contribution in [2.45, 2.75) is 39.7 Å². The molecule has 1 saturated carbocycles. The van der Waals surface area contributed by atoms with Crippen molar-refractivity contribution in [3.05, 3.63) is 34.3 Å². The van der Waals surface area contributed by atoms with Crippen LogP contribution in [0.5, 0.6) is 0 Å². The molecule has 3 N–H and O–H groups in total. The van der Waals surface area contributed by atoms with Crippen molar-refractivity contribution in [2.75, 3.05) is 6.54 Å². The summed E-state index contributed by atoms with van der Waals surface area (Å²) < 4.78 is 1.05. The fourth-order valence-corrected chi connectivity index (χ4v) is 3.78. The summed E-state index contributed by atoms with van der Waals surface area (Å²) in [5, 5.41) is 10.8. The molecule has 0 aromatic heterocycles. The van der Waals surface area contributed by atoms with Crippen LogP contribution in [-0.4, -0.2) is 17.8 Å². The Morgan fingerprint density at radius 1 is 1.16 bits per heavy atom. The highest BCUT2D eigenvalue weighted by atomic mass is 79.9. The maximum absolute atomic E-state index is 10.8. The molecule has 1 aromatic rings. The number of benzene rings is 1. The van der Waals surface area contributed by atoms with E-state index in [-0.39, 0.29) is 22.9 Å². The van der Waals surface area contributed by atoms with Crippen LogP contribution in [-0.2, 0) is 0 Å². The van der Waals surface area contributed by atoms with Crippen molar-refractivity contribution < 1.29 is 5.11 Å². The van der Waals surface area contributed by atoms with Gasteiger partial charge in [0.2, 0.25) is 0 Å². The third kappa shape index (κ3) is 2.37. The van der Waals surface area contributed by atoms with Gasteiger partial charge in [-0.05, 0) is 34.4 Å². The molecule has 0 bridgehead atoms. The van der Waals surface area contributed by atoms with Crippen LogP contribution in [0.25, 0.3) is 0 Å². The first-order valence-corrected chi connectivity index (χ1v) is 7.66. The minimum absolute atomic E-state index is 0.0131. The normalized spacial score (nSPS) is 23.9. The molecule has 19 heavy (non-hydrogen) atoms. The van der Waals surface area contributed by atoms with Gasteiger partial charge in [-0.3, -0.25) is 0 Å². The molecular formula is C16H24BrNO. The van der Waals surface area contributed by atoms with Gasteiger partial charge in [-0.25, -0.2) is 0 Å². The van der Waals surface area contributed by atoms with E-state index in [9.17, 15) is 5.11 Å². The first kappa shape index (κ1) is 15.0. The van der Waals surface area contributed by atoms with Crippen molar-refractivity contribution in [2.24, 2.45) is 22.5 Å². The number of aliphatic hydroxyl groups excluding tert-OH is 1. The number of hydrogen-bond donors (Lipinski definition) is 2. The van der Waals surface area contributed by atoms with Gasteiger partial charge in [0.15, 0.2) is 0 Å². The van der Waals surface area contributed by atoms with E-state index < -0.39 is 0 Å². The molecule has 2 rings (SSSR count). The second-order valence-electron chi connectivity index (χ2n) is 6.81. The lowest BCUT2D eigenvalue weighted by atomic mass is 9.88. The van der Waals surface area contributed by atoms with Crippen LogP contribution in [0.4, 0.5) is 0 Å². The molecule has 0 saturated heterocycles. The van der Waals surface area contributed by atoms with E-state index in [1.807, 2.05) is 24.3 Å². The average Bonchev–Trinajstić information content (AvgIpc) is 2.73. The molecule has 0 aliphatic heterocycles. The van der Waals surface area contributed by atoms with E-state index >= 15 is 0 Å². The van der Waals surface area contributed by atoms with Gasteiger partial charge in [0.05, 0.1) is 6.10 Å². The number of rotatable bonds is 4. The summed E-state index contributed by atoms with van der Waals surface area (Å²) in [7, 11) is 0. The monoisotopic (exact) mass is 325 g/mol. The van der Waals surface area contributed by atoms with Crippen LogP contribution in [0.2, 0.25) is 0 Å². The molecule has 0 amide bonds. The first-order chi connectivity index (χ1) is 8.73. The maximum atomic E-state index is 10.8. The van der Waals surface area contributed by atoms with Gasteiger partial charge in [-0.15, -0.1) is 0 Å². The zero-order valence-corrected chi connectivity index (χ0v) is 13.7. The molecule has 1 aliphatic rings. The SMILES string of the molecule is CC1(C)C(C(O)C(CN)c2ccc(Br)cc2)C1(C)C. The topological polar surface area (TPSA) is 46.2 Å². The molecule has 2 unspecified atom stereocenters. The van der Waals surface area contributed by atoms with E-state index in [2.05, 4.69) is 43.6 Å². The van der Waals surface area contributed by atoms with E-state index in [0.717, 1.165) is 10.0 Å². The summed E-state index contributed by atoms with van der Waals surface area (Å²) >= 11 is 3.44. The highest BCUT2D eigenvalue weighted by molar-refractivity contribution is 9.10. The minimum atomic E-state index is -0.379. The van der Waals surface area contributed by atoms with Crippen LogP contribution in [0.15, 0.2) is 28.7 Å². The largest absolute Gasteiger partial charge is 0.392 e. The molecule has 2 atom stereocenters. The van der Waals surface area contributed by atoms with Crippen LogP contribution in [0, 0.1) is 16.7 Å². The zero-order valence-electron chi connectivity index (χ0n) is 12.2. The number of nitrogens with two attached hydrogens (primary N) is 1. The van der Waals surface area contributed by atoms with Gasteiger partial charge >= 0.3 is 0 Å². The van der Waals surface area contributed by atoms with Crippen LogP contribution < -0.4 is 5.73 Å². The number of halogens is 1. The minimum Gasteiger partial charge on any atom is -0.392 e. The summed E-state index contributed by atoms with van der Waals surface area (Å²) in [5.74, 6) is 0.316. The Morgan fingerprint density at radius 3 is 2.00 bits per heavy atom. The first-order valence-electron chi connectivity index (χ1n) is 6.87. The molecule has 106 valence electrons.